The van der Waals surface area contributed by atoms with Crippen LogP contribution < -0.4 is 4.74 Å². The average Bonchev–Trinajstić information content (AvgIpc) is 2.57. The van der Waals surface area contributed by atoms with E-state index in [-0.39, 0.29) is 6.61 Å². The number of para-hydroxylation sites is 2. The standard InChI is InChI=1S/C18H13ClN2O/c1-12-14-7-3-4-8-15(14)21-16(18(12)19)11-22-17-9-5-2-6-13(17)10-20/h2-9H,11H2,1H3. The summed E-state index contributed by atoms with van der Waals surface area (Å²) in [6, 6.07) is 17.1. The molecule has 0 unspecified atom stereocenters. The molecule has 0 aliphatic carbocycles. The zero-order chi connectivity index (χ0) is 15.5. The van der Waals surface area contributed by atoms with Gasteiger partial charge < -0.3 is 4.74 Å². The molecule has 0 fully saturated rings. The first kappa shape index (κ1) is 14.4. The number of nitrogens with zero attached hydrogens (tertiary/aromatic N) is 2. The number of nitriles is 1. The van der Waals surface area contributed by atoms with E-state index in [1.54, 1.807) is 18.2 Å². The molecule has 0 aliphatic heterocycles. The van der Waals surface area contributed by atoms with Crippen molar-refractivity contribution in [2.45, 2.75) is 13.5 Å². The Hall–Kier alpha value is -2.57. The Morgan fingerprint density at radius 2 is 1.86 bits per heavy atom. The Morgan fingerprint density at radius 3 is 2.68 bits per heavy atom. The fourth-order valence-corrected chi connectivity index (χ4v) is 2.54. The molecule has 0 bridgehead atoms. The zero-order valence-electron chi connectivity index (χ0n) is 12.0. The van der Waals surface area contributed by atoms with Crippen LogP contribution in [0.3, 0.4) is 0 Å². The van der Waals surface area contributed by atoms with Crippen molar-refractivity contribution in [3.8, 4) is 11.8 Å². The number of pyridine rings is 1. The van der Waals surface area contributed by atoms with Gasteiger partial charge in [-0.05, 0) is 30.7 Å². The molecule has 3 aromatic rings. The van der Waals surface area contributed by atoms with Gasteiger partial charge in [-0.2, -0.15) is 5.26 Å². The van der Waals surface area contributed by atoms with Gasteiger partial charge in [0.05, 0.1) is 21.8 Å². The van der Waals surface area contributed by atoms with E-state index in [0.29, 0.717) is 22.0 Å². The van der Waals surface area contributed by atoms with Crippen molar-refractivity contribution in [1.29, 1.82) is 5.26 Å². The van der Waals surface area contributed by atoms with Gasteiger partial charge in [0.2, 0.25) is 0 Å². The maximum Gasteiger partial charge on any atom is 0.137 e. The predicted octanol–water partition coefficient (Wildman–Crippen LogP) is 4.65. The molecule has 1 heterocycles. The zero-order valence-corrected chi connectivity index (χ0v) is 12.8. The Morgan fingerprint density at radius 1 is 1.14 bits per heavy atom. The molecular formula is C18H13ClN2O. The monoisotopic (exact) mass is 308 g/mol. The molecule has 0 radical (unpaired) electrons. The number of aromatic nitrogens is 1. The highest BCUT2D eigenvalue weighted by molar-refractivity contribution is 6.32. The van der Waals surface area contributed by atoms with Gasteiger partial charge in [0.15, 0.2) is 0 Å². The van der Waals surface area contributed by atoms with Gasteiger partial charge in [0.25, 0.3) is 0 Å². The number of rotatable bonds is 3. The molecule has 22 heavy (non-hydrogen) atoms. The minimum Gasteiger partial charge on any atom is -0.486 e. The van der Waals surface area contributed by atoms with E-state index in [0.717, 1.165) is 16.5 Å². The number of benzene rings is 2. The minimum absolute atomic E-state index is 0.225. The first-order chi connectivity index (χ1) is 10.7. The number of hydrogen-bond acceptors (Lipinski definition) is 3. The summed E-state index contributed by atoms with van der Waals surface area (Å²) in [5, 5.41) is 10.7. The van der Waals surface area contributed by atoms with Gasteiger partial charge in [-0.3, -0.25) is 0 Å². The molecule has 3 rings (SSSR count). The highest BCUT2D eigenvalue weighted by Gasteiger charge is 2.11. The molecule has 0 amide bonds. The second kappa shape index (κ2) is 6.05. The van der Waals surface area contributed by atoms with Crippen LogP contribution in [0.1, 0.15) is 16.8 Å². The fourth-order valence-electron chi connectivity index (χ4n) is 2.34. The van der Waals surface area contributed by atoms with Crippen molar-refractivity contribution in [1.82, 2.24) is 4.98 Å². The molecule has 0 atom stereocenters. The Labute approximate surface area is 133 Å². The molecular weight excluding hydrogens is 296 g/mol. The molecule has 0 spiro atoms. The average molecular weight is 309 g/mol. The fraction of sp³-hybridized carbons (Fsp3) is 0.111. The van der Waals surface area contributed by atoms with Crippen LogP contribution in [-0.4, -0.2) is 4.98 Å². The molecule has 3 nitrogen and oxygen atoms in total. The Kier molecular flexibility index (Phi) is 3.95. The minimum atomic E-state index is 0.225. The smallest absolute Gasteiger partial charge is 0.137 e. The van der Waals surface area contributed by atoms with Gasteiger partial charge in [0.1, 0.15) is 18.4 Å². The summed E-state index contributed by atoms with van der Waals surface area (Å²) in [5.41, 5.74) is 3.04. The van der Waals surface area contributed by atoms with Crippen LogP contribution in [0.2, 0.25) is 5.02 Å². The SMILES string of the molecule is Cc1c(Cl)c(COc2ccccc2C#N)nc2ccccc12. The predicted molar refractivity (Wildman–Crippen MR) is 87.0 cm³/mol. The quantitative estimate of drug-likeness (QED) is 0.707. The molecule has 108 valence electrons. The summed E-state index contributed by atoms with van der Waals surface area (Å²) in [6.07, 6.45) is 0. The Bertz CT molecular complexity index is 884. The highest BCUT2D eigenvalue weighted by Crippen LogP contribution is 2.28. The first-order valence-corrected chi connectivity index (χ1v) is 7.24. The van der Waals surface area contributed by atoms with Crippen molar-refractivity contribution in [3.05, 3.63) is 70.4 Å². The number of halogens is 1. The lowest BCUT2D eigenvalue weighted by molar-refractivity contribution is 0.301. The summed E-state index contributed by atoms with van der Waals surface area (Å²) < 4.78 is 5.73. The number of hydrogen-bond donors (Lipinski definition) is 0. The lowest BCUT2D eigenvalue weighted by Gasteiger charge is -2.12. The third kappa shape index (κ3) is 2.61. The van der Waals surface area contributed by atoms with Crippen molar-refractivity contribution in [3.63, 3.8) is 0 Å². The third-order valence-corrected chi connectivity index (χ3v) is 4.02. The van der Waals surface area contributed by atoms with Gasteiger partial charge >= 0.3 is 0 Å². The topological polar surface area (TPSA) is 45.9 Å². The summed E-state index contributed by atoms with van der Waals surface area (Å²) >= 11 is 6.40. The van der Waals surface area contributed by atoms with Gasteiger partial charge in [0, 0.05) is 5.39 Å². The normalized spacial score (nSPS) is 10.4. The van der Waals surface area contributed by atoms with E-state index in [4.69, 9.17) is 21.6 Å². The molecule has 0 saturated heterocycles. The van der Waals surface area contributed by atoms with E-state index in [2.05, 4.69) is 11.1 Å². The van der Waals surface area contributed by atoms with Crippen LogP contribution in [0.4, 0.5) is 0 Å². The van der Waals surface area contributed by atoms with E-state index in [1.165, 1.54) is 0 Å². The van der Waals surface area contributed by atoms with Crippen LogP contribution in [-0.2, 0) is 6.61 Å². The molecule has 0 saturated carbocycles. The molecule has 4 heteroatoms. The molecule has 2 aromatic carbocycles. The summed E-state index contributed by atoms with van der Waals surface area (Å²) in [4.78, 5) is 4.57. The van der Waals surface area contributed by atoms with Gasteiger partial charge in [-0.25, -0.2) is 4.98 Å². The van der Waals surface area contributed by atoms with Crippen molar-refractivity contribution < 1.29 is 4.74 Å². The lowest BCUT2D eigenvalue weighted by Crippen LogP contribution is -2.02. The van der Waals surface area contributed by atoms with Crippen LogP contribution in [0.5, 0.6) is 5.75 Å². The first-order valence-electron chi connectivity index (χ1n) is 6.86. The van der Waals surface area contributed by atoms with Crippen LogP contribution >= 0.6 is 11.6 Å². The molecule has 0 aliphatic rings. The number of aryl methyl sites for hydroxylation is 1. The number of fused-ring (bicyclic) bond motifs is 1. The Balaban J connectivity index is 1.95. The van der Waals surface area contributed by atoms with E-state index in [9.17, 15) is 0 Å². The largest absolute Gasteiger partial charge is 0.486 e. The van der Waals surface area contributed by atoms with Gasteiger partial charge in [-0.1, -0.05) is 41.9 Å². The summed E-state index contributed by atoms with van der Waals surface area (Å²) in [6.45, 7) is 2.20. The highest BCUT2D eigenvalue weighted by atomic mass is 35.5. The maximum absolute atomic E-state index is 9.08. The van der Waals surface area contributed by atoms with Crippen LogP contribution in [0, 0.1) is 18.3 Å². The third-order valence-electron chi connectivity index (χ3n) is 3.52. The van der Waals surface area contributed by atoms with E-state index in [1.807, 2.05) is 37.3 Å². The van der Waals surface area contributed by atoms with Crippen molar-refractivity contribution in [2.75, 3.05) is 0 Å². The second-order valence-electron chi connectivity index (χ2n) is 4.91. The van der Waals surface area contributed by atoms with Crippen LogP contribution in [0.25, 0.3) is 10.9 Å². The van der Waals surface area contributed by atoms with Crippen molar-refractivity contribution in [2.24, 2.45) is 0 Å². The van der Waals surface area contributed by atoms with Gasteiger partial charge in [-0.15, -0.1) is 0 Å². The molecule has 0 N–H and O–H groups in total. The van der Waals surface area contributed by atoms with E-state index >= 15 is 0 Å². The van der Waals surface area contributed by atoms with Crippen molar-refractivity contribution >= 4 is 22.5 Å². The second-order valence-corrected chi connectivity index (χ2v) is 5.29. The summed E-state index contributed by atoms with van der Waals surface area (Å²) in [5.74, 6) is 0.536. The summed E-state index contributed by atoms with van der Waals surface area (Å²) in [7, 11) is 0. The maximum atomic E-state index is 9.08. The van der Waals surface area contributed by atoms with E-state index < -0.39 is 0 Å². The molecule has 1 aromatic heterocycles. The number of ether oxygens (including phenoxy) is 1. The lowest BCUT2D eigenvalue weighted by atomic mass is 10.1. The van der Waals surface area contributed by atoms with Crippen LogP contribution in [0.15, 0.2) is 48.5 Å².